The normalized spacial score (nSPS) is 12.6. The highest BCUT2D eigenvalue weighted by molar-refractivity contribution is 7.84. The molecule has 0 N–H and O–H groups in total. The Kier molecular flexibility index (Phi) is 2.45. The van der Waals surface area contributed by atoms with Crippen molar-refractivity contribution in [2.24, 2.45) is 0 Å². The van der Waals surface area contributed by atoms with Gasteiger partial charge in [0.1, 0.15) is 5.03 Å². The van der Waals surface area contributed by atoms with Gasteiger partial charge in [-0.2, -0.15) is 5.10 Å². The van der Waals surface area contributed by atoms with Crippen LogP contribution >= 0.6 is 0 Å². The van der Waals surface area contributed by atoms with Gasteiger partial charge < -0.3 is 0 Å². The molecule has 0 saturated heterocycles. The van der Waals surface area contributed by atoms with Crippen molar-refractivity contribution in [3.8, 4) is 5.69 Å². The number of nitrogens with zero attached hydrogens (tertiary/aromatic N) is 2. The SMILES string of the molecule is CS(=O)c1ccnn1-c1ccccc1. The maximum Gasteiger partial charge on any atom is 0.130 e. The molecule has 1 aromatic heterocycles. The van der Waals surface area contributed by atoms with Gasteiger partial charge in [0.25, 0.3) is 0 Å². The highest BCUT2D eigenvalue weighted by atomic mass is 32.2. The molecule has 3 nitrogen and oxygen atoms in total. The van der Waals surface area contributed by atoms with Gasteiger partial charge in [0, 0.05) is 6.26 Å². The average Bonchev–Trinajstić information content (AvgIpc) is 2.67. The predicted octanol–water partition coefficient (Wildman–Crippen LogP) is 1.61. The second-order valence-electron chi connectivity index (χ2n) is 2.87. The standard InChI is InChI=1S/C10H10N2OS/c1-14(13)10-7-8-11-12(10)9-5-3-2-4-6-9/h2-8H,1H3. The Morgan fingerprint density at radius 1 is 1.21 bits per heavy atom. The second-order valence-corrected chi connectivity index (χ2v) is 4.20. The molecule has 0 aliphatic carbocycles. The van der Waals surface area contributed by atoms with Gasteiger partial charge in [0.2, 0.25) is 0 Å². The predicted molar refractivity (Wildman–Crippen MR) is 55.9 cm³/mol. The lowest BCUT2D eigenvalue weighted by molar-refractivity contribution is 0.676. The molecule has 0 bridgehead atoms. The molecule has 0 fully saturated rings. The maximum absolute atomic E-state index is 11.4. The van der Waals surface area contributed by atoms with Crippen LogP contribution < -0.4 is 0 Å². The van der Waals surface area contributed by atoms with E-state index < -0.39 is 10.8 Å². The zero-order valence-corrected chi connectivity index (χ0v) is 8.57. The van der Waals surface area contributed by atoms with Crippen molar-refractivity contribution in [2.75, 3.05) is 6.26 Å². The molecule has 0 radical (unpaired) electrons. The van der Waals surface area contributed by atoms with E-state index in [-0.39, 0.29) is 0 Å². The van der Waals surface area contributed by atoms with Gasteiger partial charge in [-0.15, -0.1) is 0 Å². The van der Waals surface area contributed by atoms with E-state index in [0.717, 1.165) is 10.7 Å². The van der Waals surface area contributed by atoms with E-state index >= 15 is 0 Å². The van der Waals surface area contributed by atoms with Crippen LogP contribution in [0.5, 0.6) is 0 Å². The lowest BCUT2D eigenvalue weighted by Gasteiger charge is -2.03. The molecule has 1 aromatic carbocycles. The van der Waals surface area contributed by atoms with Crippen molar-refractivity contribution >= 4 is 10.8 Å². The van der Waals surface area contributed by atoms with Crippen molar-refractivity contribution in [1.29, 1.82) is 0 Å². The number of para-hydroxylation sites is 1. The van der Waals surface area contributed by atoms with Crippen LogP contribution in [0, 0.1) is 0 Å². The second kappa shape index (κ2) is 3.75. The van der Waals surface area contributed by atoms with Gasteiger partial charge in [0.15, 0.2) is 0 Å². The van der Waals surface area contributed by atoms with E-state index in [2.05, 4.69) is 5.10 Å². The smallest absolute Gasteiger partial charge is 0.130 e. The van der Waals surface area contributed by atoms with Crippen LogP contribution in [0.1, 0.15) is 0 Å². The minimum absolute atomic E-state index is 0.719. The molecule has 2 aromatic rings. The molecule has 0 saturated carbocycles. The summed E-state index contributed by atoms with van der Waals surface area (Å²) in [6.07, 6.45) is 3.31. The third-order valence-electron chi connectivity index (χ3n) is 1.90. The number of aromatic nitrogens is 2. The first kappa shape index (κ1) is 9.15. The lowest BCUT2D eigenvalue weighted by atomic mass is 10.3. The minimum Gasteiger partial charge on any atom is -0.253 e. The quantitative estimate of drug-likeness (QED) is 0.748. The van der Waals surface area contributed by atoms with E-state index in [4.69, 9.17) is 0 Å². The van der Waals surface area contributed by atoms with Gasteiger partial charge in [-0.05, 0) is 18.2 Å². The van der Waals surface area contributed by atoms with Crippen molar-refractivity contribution in [3.63, 3.8) is 0 Å². The Morgan fingerprint density at radius 3 is 2.57 bits per heavy atom. The van der Waals surface area contributed by atoms with Gasteiger partial charge in [-0.25, -0.2) is 4.68 Å². The molecule has 1 atom stereocenters. The Morgan fingerprint density at radius 2 is 1.93 bits per heavy atom. The monoisotopic (exact) mass is 206 g/mol. The summed E-state index contributed by atoms with van der Waals surface area (Å²) in [6.45, 7) is 0. The van der Waals surface area contributed by atoms with Crippen LogP contribution in [0.25, 0.3) is 5.69 Å². The maximum atomic E-state index is 11.4. The fourth-order valence-electron chi connectivity index (χ4n) is 1.27. The summed E-state index contributed by atoms with van der Waals surface area (Å²) < 4.78 is 13.0. The molecular weight excluding hydrogens is 196 g/mol. The largest absolute Gasteiger partial charge is 0.253 e. The fourth-order valence-corrected chi connectivity index (χ4v) is 1.92. The topological polar surface area (TPSA) is 34.9 Å². The zero-order valence-electron chi connectivity index (χ0n) is 7.75. The Hall–Kier alpha value is -1.42. The van der Waals surface area contributed by atoms with Crippen LogP contribution in [0.3, 0.4) is 0 Å². The van der Waals surface area contributed by atoms with Crippen LogP contribution in [0.2, 0.25) is 0 Å². The van der Waals surface area contributed by atoms with Crippen molar-refractivity contribution in [1.82, 2.24) is 9.78 Å². The molecule has 72 valence electrons. The summed E-state index contributed by atoms with van der Waals surface area (Å²) in [5, 5.41) is 4.85. The third kappa shape index (κ3) is 1.61. The summed E-state index contributed by atoms with van der Waals surface area (Å²) in [5.41, 5.74) is 0.933. The number of hydrogen-bond acceptors (Lipinski definition) is 2. The van der Waals surface area contributed by atoms with Crippen LogP contribution in [-0.4, -0.2) is 20.2 Å². The van der Waals surface area contributed by atoms with Gasteiger partial charge in [0.05, 0.1) is 22.7 Å². The number of benzene rings is 1. The third-order valence-corrected chi connectivity index (χ3v) is 2.80. The van der Waals surface area contributed by atoms with Gasteiger partial charge in [-0.3, -0.25) is 4.21 Å². The highest BCUT2D eigenvalue weighted by Gasteiger charge is 2.06. The molecule has 2 rings (SSSR count). The molecule has 4 heteroatoms. The van der Waals surface area contributed by atoms with Crippen LogP contribution in [0.15, 0.2) is 47.6 Å². The summed E-state index contributed by atoms with van der Waals surface area (Å²) in [6, 6.07) is 11.4. The molecular formula is C10H10N2OS. The molecule has 0 amide bonds. The van der Waals surface area contributed by atoms with Gasteiger partial charge in [-0.1, -0.05) is 18.2 Å². The lowest BCUT2D eigenvalue weighted by Crippen LogP contribution is -2.02. The van der Waals surface area contributed by atoms with E-state index in [0.29, 0.717) is 0 Å². The molecule has 0 spiro atoms. The zero-order chi connectivity index (χ0) is 9.97. The summed E-state index contributed by atoms with van der Waals surface area (Å²) in [5.74, 6) is 0. The fraction of sp³-hybridized carbons (Fsp3) is 0.100. The first-order chi connectivity index (χ1) is 6.79. The number of rotatable bonds is 2. The average molecular weight is 206 g/mol. The Bertz CT molecular complexity index is 450. The molecule has 14 heavy (non-hydrogen) atoms. The van der Waals surface area contributed by atoms with Crippen molar-refractivity contribution in [2.45, 2.75) is 5.03 Å². The molecule has 0 aliphatic heterocycles. The summed E-state index contributed by atoms with van der Waals surface area (Å²) in [7, 11) is -1.01. The van der Waals surface area contributed by atoms with E-state index in [1.54, 1.807) is 23.2 Å². The van der Waals surface area contributed by atoms with E-state index in [1.807, 2.05) is 30.3 Å². The first-order valence-corrected chi connectivity index (χ1v) is 5.78. The van der Waals surface area contributed by atoms with Crippen molar-refractivity contribution < 1.29 is 4.21 Å². The summed E-state index contributed by atoms with van der Waals surface area (Å²) in [4.78, 5) is 0. The summed E-state index contributed by atoms with van der Waals surface area (Å²) >= 11 is 0. The van der Waals surface area contributed by atoms with E-state index in [1.165, 1.54) is 0 Å². The van der Waals surface area contributed by atoms with E-state index in [9.17, 15) is 4.21 Å². The minimum atomic E-state index is -1.01. The first-order valence-electron chi connectivity index (χ1n) is 4.22. The van der Waals surface area contributed by atoms with Crippen LogP contribution in [0.4, 0.5) is 0 Å². The molecule has 1 unspecified atom stereocenters. The Labute approximate surface area is 84.8 Å². The molecule has 0 aliphatic rings. The van der Waals surface area contributed by atoms with Crippen molar-refractivity contribution in [3.05, 3.63) is 42.6 Å². The Balaban J connectivity index is 2.52. The van der Waals surface area contributed by atoms with Crippen LogP contribution in [-0.2, 0) is 10.8 Å². The highest BCUT2D eigenvalue weighted by Crippen LogP contribution is 2.11. The molecule has 1 heterocycles. The number of hydrogen-bond donors (Lipinski definition) is 0. The van der Waals surface area contributed by atoms with Gasteiger partial charge >= 0.3 is 0 Å².